The number of rotatable bonds is 3. The number of hydrogen-bond donors (Lipinski definition) is 1. The summed E-state index contributed by atoms with van der Waals surface area (Å²) in [5.74, 6) is -0.0188. The van der Waals surface area contributed by atoms with Crippen molar-refractivity contribution >= 4 is 22.5 Å². The lowest BCUT2D eigenvalue weighted by Gasteiger charge is -2.10. The number of carbonyl (C=O) groups is 1. The van der Waals surface area contributed by atoms with E-state index in [2.05, 4.69) is 5.32 Å². The van der Waals surface area contributed by atoms with Gasteiger partial charge in [-0.15, -0.1) is 0 Å². The number of para-hydroxylation sites is 2. The Morgan fingerprint density at radius 1 is 1.18 bits per heavy atom. The van der Waals surface area contributed by atoms with Gasteiger partial charge in [-0.1, -0.05) is 12.1 Å². The molecule has 1 heterocycles. The Morgan fingerprint density at radius 3 is 2.73 bits per heavy atom. The van der Waals surface area contributed by atoms with Gasteiger partial charge in [-0.05, 0) is 36.4 Å². The number of benzene rings is 2. The van der Waals surface area contributed by atoms with Crippen LogP contribution in [0.4, 0.5) is 10.1 Å². The van der Waals surface area contributed by atoms with Crippen molar-refractivity contribution in [1.29, 1.82) is 0 Å². The van der Waals surface area contributed by atoms with Crippen LogP contribution in [0.1, 0.15) is 10.5 Å². The van der Waals surface area contributed by atoms with Gasteiger partial charge in [0.15, 0.2) is 0 Å². The molecule has 3 aromatic rings. The quantitative estimate of drug-likeness (QED) is 0.803. The van der Waals surface area contributed by atoms with Gasteiger partial charge in [-0.25, -0.2) is 4.39 Å². The second-order valence-corrected chi connectivity index (χ2v) is 4.95. The molecule has 0 spiro atoms. The molecule has 4 nitrogen and oxygen atoms in total. The topological polar surface area (TPSA) is 43.3 Å². The van der Waals surface area contributed by atoms with Crippen LogP contribution in [-0.2, 0) is 7.05 Å². The molecule has 0 saturated heterocycles. The third-order valence-electron chi connectivity index (χ3n) is 3.60. The summed E-state index contributed by atoms with van der Waals surface area (Å²) in [6.07, 6.45) is 0. The number of halogens is 1. The molecule has 0 atom stereocenters. The molecule has 0 unspecified atom stereocenters. The molecule has 1 aromatic heterocycles. The molecule has 0 aliphatic rings. The summed E-state index contributed by atoms with van der Waals surface area (Å²) in [5.41, 5.74) is 1.71. The number of aromatic nitrogens is 1. The van der Waals surface area contributed by atoms with E-state index in [1.807, 2.05) is 12.1 Å². The Kier molecular flexibility index (Phi) is 3.55. The average molecular weight is 298 g/mol. The highest BCUT2D eigenvalue weighted by Crippen LogP contribution is 2.25. The first-order valence-corrected chi connectivity index (χ1v) is 6.79. The van der Waals surface area contributed by atoms with Crippen molar-refractivity contribution in [3.05, 3.63) is 60.0 Å². The van der Waals surface area contributed by atoms with Crippen LogP contribution in [-0.4, -0.2) is 17.6 Å². The van der Waals surface area contributed by atoms with E-state index >= 15 is 0 Å². The van der Waals surface area contributed by atoms with Crippen LogP contribution in [0, 0.1) is 5.82 Å². The van der Waals surface area contributed by atoms with Gasteiger partial charge in [0.1, 0.15) is 17.3 Å². The van der Waals surface area contributed by atoms with Gasteiger partial charge in [0.2, 0.25) is 0 Å². The van der Waals surface area contributed by atoms with Gasteiger partial charge in [0, 0.05) is 12.4 Å². The summed E-state index contributed by atoms with van der Waals surface area (Å²) in [5, 5.41) is 3.63. The van der Waals surface area contributed by atoms with Crippen molar-refractivity contribution in [3.8, 4) is 5.75 Å². The van der Waals surface area contributed by atoms with Crippen LogP contribution in [0.3, 0.4) is 0 Å². The predicted molar refractivity (Wildman–Crippen MR) is 83.8 cm³/mol. The van der Waals surface area contributed by atoms with Crippen molar-refractivity contribution in [2.24, 2.45) is 7.05 Å². The molecule has 1 N–H and O–H groups in total. The molecule has 112 valence electrons. The minimum atomic E-state index is -0.328. The molecule has 0 fully saturated rings. The first-order chi connectivity index (χ1) is 10.6. The number of nitrogens with one attached hydrogen (secondary N) is 1. The van der Waals surface area contributed by atoms with Crippen LogP contribution in [0.15, 0.2) is 48.5 Å². The molecule has 5 heteroatoms. The fourth-order valence-corrected chi connectivity index (χ4v) is 2.46. The normalized spacial score (nSPS) is 10.7. The molecule has 0 aliphatic heterocycles. The number of carbonyl (C=O) groups excluding carboxylic acids is 1. The molecule has 0 radical (unpaired) electrons. The standard InChI is InChI=1S/C17H15FN2O2/c1-20-14-10-12(18)8-7-11(14)9-15(20)17(21)19-13-5-3-4-6-16(13)22-2/h3-10H,1-2H3,(H,19,21). The van der Waals surface area contributed by atoms with Gasteiger partial charge in [-0.2, -0.15) is 0 Å². The maximum atomic E-state index is 13.3. The third-order valence-corrected chi connectivity index (χ3v) is 3.60. The van der Waals surface area contributed by atoms with Gasteiger partial charge >= 0.3 is 0 Å². The largest absolute Gasteiger partial charge is 0.495 e. The molecular weight excluding hydrogens is 283 g/mol. The Bertz CT molecular complexity index is 855. The van der Waals surface area contributed by atoms with E-state index in [9.17, 15) is 9.18 Å². The van der Waals surface area contributed by atoms with E-state index in [0.29, 0.717) is 22.6 Å². The van der Waals surface area contributed by atoms with E-state index < -0.39 is 0 Å². The predicted octanol–water partition coefficient (Wildman–Crippen LogP) is 3.58. The third kappa shape index (κ3) is 2.41. The van der Waals surface area contributed by atoms with Gasteiger partial charge in [0.25, 0.3) is 5.91 Å². The van der Waals surface area contributed by atoms with Gasteiger partial charge < -0.3 is 14.6 Å². The lowest BCUT2D eigenvalue weighted by Crippen LogP contribution is -2.16. The van der Waals surface area contributed by atoms with Crippen molar-refractivity contribution in [3.63, 3.8) is 0 Å². The Morgan fingerprint density at radius 2 is 1.95 bits per heavy atom. The lowest BCUT2D eigenvalue weighted by atomic mass is 10.2. The van der Waals surface area contributed by atoms with Crippen LogP contribution < -0.4 is 10.1 Å². The maximum absolute atomic E-state index is 13.3. The number of anilines is 1. The summed E-state index contributed by atoms with van der Waals surface area (Å²) < 4.78 is 20.2. The summed E-state index contributed by atoms with van der Waals surface area (Å²) >= 11 is 0. The Balaban J connectivity index is 1.97. The zero-order valence-corrected chi connectivity index (χ0v) is 12.3. The number of fused-ring (bicyclic) bond motifs is 1. The van der Waals surface area contributed by atoms with Crippen LogP contribution in [0.25, 0.3) is 10.9 Å². The van der Waals surface area contributed by atoms with E-state index in [4.69, 9.17) is 4.74 Å². The highest BCUT2D eigenvalue weighted by molar-refractivity contribution is 6.07. The van der Waals surface area contributed by atoms with Gasteiger partial charge in [-0.3, -0.25) is 4.79 Å². The molecule has 3 rings (SSSR count). The molecule has 0 saturated carbocycles. The summed E-state index contributed by atoms with van der Waals surface area (Å²) in [6, 6.07) is 13.4. The summed E-state index contributed by atoms with van der Waals surface area (Å²) in [4.78, 5) is 12.5. The van der Waals surface area contributed by atoms with E-state index in [-0.39, 0.29) is 11.7 Å². The monoisotopic (exact) mass is 298 g/mol. The summed E-state index contributed by atoms with van der Waals surface area (Å²) in [7, 11) is 3.28. The first kappa shape index (κ1) is 14.1. The highest BCUT2D eigenvalue weighted by atomic mass is 19.1. The molecule has 0 bridgehead atoms. The molecule has 22 heavy (non-hydrogen) atoms. The summed E-state index contributed by atoms with van der Waals surface area (Å²) in [6.45, 7) is 0. The lowest BCUT2D eigenvalue weighted by molar-refractivity contribution is 0.101. The van der Waals surface area contributed by atoms with Crippen molar-refractivity contribution in [2.75, 3.05) is 12.4 Å². The average Bonchev–Trinajstić information content (AvgIpc) is 2.85. The van der Waals surface area contributed by atoms with E-state index in [1.165, 1.54) is 12.1 Å². The zero-order chi connectivity index (χ0) is 15.7. The van der Waals surface area contributed by atoms with E-state index in [1.54, 1.807) is 43.0 Å². The van der Waals surface area contributed by atoms with Crippen molar-refractivity contribution < 1.29 is 13.9 Å². The molecule has 1 amide bonds. The minimum Gasteiger partial charge on any atom is -0.495 e. The maximum Gasteiger partial charge on any atom is 0.272 e. The fraction of sp³-hybridized carbons (Fsp3) is 0.118. The zero-order valence-electron chi connectivity index (χ0n) is 12.3. The minimum absolute atomic E-state index is 0.274. The van der Waals surface area contributed by atoms with Crippen LogP contribution >= 0.6 is 0 Å². The first-order valence-electron chi connectivity index (χ1n) is 6.79. The van der Waals surface area contributed by atoms with Crippen molar-refractivity contribution in [1.82, 2.24) is 4.57 Å². The van der Waals surface area contributed by atoms with E-state index in [0.717, 1.165) is 5.39 Å². The number of nitrogens with zero attached hydrogens (tertiary/aromatic N) is 1. The van der Waals surface area contributed by atoms with Crippen LogP contribution in [0.2, 0.25) is 0 Å². The smallest absolute Gasteiger partial charge is 0.272 e. The number of methoxy groups -OCH3 is 1. The fourth-order valence-electron chi connectivity index (χ4n) is 2.46. The second kappa shape index (κ2) is 5.52. The Labute approximate surface area is 127 Å². The second-order valence-electron chi connectivity index (χ2n) is 4.95. The number of aryl methyl sites for hydroxylation is 1. The highest BCUT2D eigenvalue weighted by Gasteiger charge is 2.15. The SMILES string of the molecule is COc1ccccc1NC(=O)c1cc2ccc(F)cc2n1C. The van der Waals surface area contributed by atoms with Crippen LogP contribution in [0.5, 0.6) is 5.75 Å². The number of amides is 1. The molecule has 2 aromatic carbocycles. The number of hydrogen-bond acceptors (Lipinski definition) is 2. The Hall–Kier alpha value is -2.82. The van der Waals surface area contributed by atoms with Gasteiger partial charge in [0.05, 0.1) is 18.3 Å². The molecule has 0 aliphatic carbocycles. The number of ether oxygens (including phenoxy) is 1. The molecular formula is C17H15FN2O2. The van der Waals surface area contributed by atoms with Crippen molar-refractivity contribution in [2.45, 2.75) is 0 Å².